The van der Waals surface area contributed by atoms with Crippen molar-refractivity contribution in [2.45, 2.75) is 51.9 Å². The molecule has 0 bridgehead atoms. The molecule has 4 nitrogen and oxygen atoms in total. The minimum Gasteiger partial charge on any atom is -0.399 e. The van der Waals surface area contributed by atoms with Gasteiger partial charge in [-0.1, -0.05) is 0 Å². The number of halogens is 1. The zero-order valence-electron chi connectivity index (χ0n) is 11.9. The Morgan fingerprint density at radius 2 is 1.74 bits per heavy atom. The van der Waals surface area contributed by atoms with Crippen LogP contribution < -0.4 is 5.46 Å². The molecule has 0 aromatic carbocycles. The second-order valence-electron chi connectivity index (χ2n) is 5.91. The zero-order valence-corrected chi connectivity index (χ0v) is 11.9. The summed E-state index contributed by atoms with van der Waals surface area (Å²) in [5.74, 6) is -0.650. The number of pyridine rings is 1. The van der Waals surface area contributed by atoms with E-state index in [9.17, 15) is 9.50 Å². The molecule has 1 unspecified atom stereocenters. The van der Waals surface area contributed by atoms with E-state index in [4.69, 9.17) is 9.31 Å². The van der Waals surface area contributed by atoms with Crippen LogP contribution in [-0.4, -0.2) is 28.4 Å². The molecule has 0 radical (unpaired) electrons. The molecule has 2 heterocycles. The van der Waals surface area contributed by atoms with Gasteiger partial charge in [0.25, 0.3) is 0 Å². The summed E-state index contributed by atoms with van der Waals surface area (Å²) in [6, 6.07) is 2.88. The first-order valence-electron chi connectivity index (χ1n) is 6.33. The summed E-state index contributed by atoms with van der Waals surface area (Å²) in [5, 5.41) is 9.51. The largest absolute Gasteiger partial charge is 0.495 e. The highest BCUT2D eigenvalue weighted by molar-refractivity contribution is 6.62. The first-order chi connectivity index (χ1) is 8.62. The van der Waals surface area contributed by atoms with Crippen LogP contribution in [0.2, 0.25) is 0 Å². The van der Waals surface area contributed by atoms with Crippen LogP contribution in [-0.2, 0) is 9.31 Å². The lowest BCUT2D eigenvalue weighted by Crippen LogP contribution is -2.41. The van der Waals surface area contributed by atoms with E-state index in [1.165, 1.54) is 13.0 Å². The van der Waals surface area contributed by atoms with Gasteiger partial charge in [0.1, 0.15) is 0 Å². The normalized spacial score (nSPS) is 22.6. The van der Waals surface area contributed by atoms with Crippen molar-refractivity contribution in [1.29, 1.82) is 0 Å². The van der Waals surface area contributed by atoms with Gasteiger partial charge in [0.2, 0.25) is 5.95 Å². The molecule has 6 heteroatoms. The van der Waals surface area contributed by atoms with Crippen LogP contribution in [0.1, 0.15) is 46.4 Å². The number of hydrogen-bond acceptors (Lipinski definition) is 4. The van der Waals surface area contributed by atoms with E-state index in [-0.39, 0.29) is 5.69 Å². The van der Waals surface area contributed by atoms with Crippen molar-refractivity contribution in [3.05, 3.63) is 23.8 Å². The van der Waals surface area contributed by atoms with E-state index in [0.29, 0.717) is 5.46 Å². The molecule has 1 saturated heterocycles. The van der Waals surface area contributed by atoms with Gasteiger partial charge in [-0.2, -0.15) is 4.39 Å². The lowest BCUT2D eigenvalue weighted by atomic mass is 9.79. The number of nitrogens with zero attached hydrogens (tertiary/aromatic N) is 1. The molecular weight excluding hydrogens is 248 g/mol. The molecule has 19 heavy (non-hydrogen) atoms. The van der Waals surface area contributed by atoms with Gasteiger partial charge in [-0.05, 0) is 52.2 Å². The second kappa shape index (κ2) is 4.54. The lowest BCUT2D eigenvalue weighted by Gasteiger charge is -2.32. The van der Waals surface area contributed by atoms with Crippen LogP contribution >= 0.6 is 0 Å². The molecule has 1 aromatic heterocycles. The average molecular weight is 267 g/mol. The Labute approximate surface area is 113 Å². The third kappa shape index (κ3) is 2.66. The molecule has 0 aliphatic carbocycles. The van der Waals surface area contributed by atoms with Crippen LogP contribution in [0.4, 0.5) is 4.39 Å². The van der Waals surface area contributed by atoms with Crippen molar-refractivity contribution in [3.63, 3.8) is 0 Å². The Kier molecular flexibility index (Phi) is 3.45. The highest BCUT2D eigenvalue weighted by Crippen LogP contribution is 2.36. The summed E-state index contributed by atoms with van der Waals surface area (Å²) < 4.78 is 25.2. The minimum atomic E-state index is -0.836. The summed E-state index contributed by atoms with van der Waals surface area (Å²) in [4.78, 5) is 3.65. The van der Waals surface area contributed by atoms with Gasteiger partial charge in [0.15, 0.2) is 0 Å². The Morgan fingerprint density at radius 3 is 2.21 bits per heavy atom. The van der Waals surface area contributed by atoms with Gasteiger partial charge in [-0.3, -0.25) is 0 Å². The second-order valence-corrected chi connectivity index (χ2v) is 5.91. The zero-order chi connectivity index (χ0) is 14.4. The highest BCUT2D eigenvalue weighted by atomic mass is 19.1. The third-order valence-electron chi connectivity index (χ3n) is 3.79. The highest BCUT2D eigenvalue weighted by Gasteiger charge is 2.51. The molecule has 0 amide bonds. The predicted octanol–water partition coefficient (Wildman–Crippen LogP) is 1.57. The summed E-state index contributed by atoms with van der Waals surface area (Å²) >= 11 is 0. The Morgan fingerprint density at radius 1 is 1.21 bits per heavy atom. The van der Waals surface area contributed by atoms with Gasteiger partial charge in [-0.25, -0.2) is 4.98 Å². The lowest BCUT2D eigenvalue weighted by molar-refractivity contribution is 0.00578. The van der Waals surface area contributed by atoms with E-state index in [2.05, 4.69) is 4.98 Å². The number of aliphatic hydroxyl groups excluding tert-OH is 1. The maximum Gasteiger partial charge on any atom is 0.495 e. The Hall–Kier alpha value is -0.975. The third-order valence-corrected chi connectivity index (χ3v) is 3.79. The Balaban J connectivity index is 2.34. The fourth-order valence-electron chi connectivity index (χ4n) is 1.87. The van der Waals surface area contributed by atoms with Crippen molar-refractivity contribution in [2.24, 2.45) is 0 Å². The fraction of sp³-hybridized carbons (Fsp3) is 0.615. The number of aromatic nitrogens is 1. The number of hydrogen-bond donors (Lipinski definition) is 1. The molecule has 104 valence electrons. The molecule has 1 aliphatic rings. The smallest absolute Gasteiger partial charge is 0.399 e. The van der Waals surface area contributed by atoms with Crippen molar-refractivity contribution >= 4 is 12.6 Å². The van der Waals surface area contributed by atoms with Gasteiger partial charge in [-0.15, -0.1) is 0 Å². The van der Waals surface area contributed by atoms with Crippen LogP contribution in [0, 0.1) is 5.95 Å². The monoisotopic (exact) mass is 267 g/mol. The maximum atomic E-state index is 13.5. The van der Waals surface area contributed by atoms with E-state index in [1.807, 2.05) is 27.7 Å². The molecule has 1 N–H and O–H groups in total. The van der Waals surface area contributed by atoms with Crippen molar-refractivity contribution < 1.29 is 18.8 Å². The molecular formula is C13H19BFNO3. The van der Waals surface area contributed by atoms with Gasteiger partial charge in [0, 0.05) is 0 Å². The van der Waals surface area contributed by atoms with Crippen molar-refractivity contribution in [3.8, 4) is 0 Å². The van der Waals surface area contributed by atoms with E-state index >= 15 is 0 Å². The van der Waals surface area contributed by atoms with Crippen LogP contribution in [0.25, 0.3) is 0 Å². The minimum absolute atomic E-state index is 0.268. The number of rotatable bonds is 2. The first kappa shape index (κ1) is 14.4. The van der Waals surface area contributed by atoms with E-state index in [0.717, 1.165) is 0 Å². The molecule has 0 saturated carbocycles. The molecule has 0 spiro atoms. The van der Waals surface area contributed by atoms with Gasteiger partial charge in [0.05, 0.1) is 23.0 Å². The topological polar surface area (TPSA) is 51.6 Å². The molecule has 1 atom stereocenters. The van der Waals surface area contributed by atoms with Crippen LogP contribution in [0.5, 0.6) is 0 Å². The SMILES string of the molecule is CC(O)c1cc(B2OC(C)(C)C(C)(C)O2)cc(F)n1. The molecule has 1 fully saturated rings. The summed E-state index contributed by atoms with van der Waals surface area (Å²) in [6.45, 7) is 9.26. The van der Waals surface area contributed by atoms with Crippen LogP contribution in [0.15, 0.2) is 12.1 Å². The summed E-state index contributed by atoms with van der Waals surface area (Å²) in [7, 11) is -0.653. The first-order valence-corrected chi connectivity index (χ1v) is 6.33. The van der Waals surface area contributed by atoms with Crippen molar-refractivity contribution in [1.82, 2.24) is 4.98 Å². The summed E-state index contributed by atoms with van der Waals surface area (Å²) in [6.07, 6.45) is -0.836. The average Bonchev–Trinajstić information content (AvgIpc) is 2.47. The standard InChI is InChI=1S/C13H19BFNO3/c1-8(17)10-6-9(7-11(15)16-10)14-18-12(2,3)13(4,5)19-14/h6-8,17H,1-5H3. The summed E-state index contributed by atoms with van der Waals surface area (Å²) in [5.41, 5.74) is -0.170. The van der Waals surface area contributed by atoms with Crippen molar-refractivity contribution in [2.75, 3.05) is 0 Å². The molecule has 2 rings (SSSR count). The maximum absolute atomic E-state index is 13.5. The fourth-order valence-corrected chi connectivity index (χ4v) is 1.87. The van der Waals surface area contributed by atoms with E-state index < -0.39 is 30.4 Å². The van der Waals surface area contributed by atoms with Gasteiger partial charge < -0.3 is 14.4 Å². The van der Waals surface area contributed by atoms with Gasteiger partial charge >= 0.3 is 7.12 Å². The van der Waals surface area contributed by atoms with Crippen LogP contribution in [0.3, 0.4) is 0 Å². The predicted molar refractivity (Wildman–Crippen MR) is 70.5 cm³/mol. The molecule has 1 aliphatic heterocycles. The quantitative estimate of drug-likeness (QED) is 0.652. The van der Waals surface area contributed by atoms with E-state index in [1.54, 1.807) is 6.07 Å². The molecule has 1 aromatic rings. The number of aliphatic hydroxyl groups is 1. The Bertz CT molecular complexity index is 475.